The van der Waals surface area contributed by atoms with Crippen LogP contribution < -0.4 is 11.1 Å². The number of nitrogens with zero attached hydrogens (tertiary/aromatic N) is 1. The summed E-state index contributed by atoms with van der Waals surface area (Å²) >= 11 is 0. The van der Waals surface area contributed by atoms with E-state index in [0.29, 0.717) is 11.3 Å². The molecule has 1 amide bonds. The number of H-pyrrole nitrogens is 1. The second-order valence-electron chi connectivity index (χ2n) is 6.22. The number of hydrogen-bond donors (Lipinski definition) is 2. The summed E-state index contributed by atoms with van der Waals surface area (Å²) in [5, 5.41) is 6.18. The second-order valence-corrected chi connectivity index (χ2v) is 6.22. The third-order valence-corrected chi connectivity index (χ3v) is 4.14. The molecule has 4 aromatic rings. The summed E-state index contributed by atoms with van der Waals surface area (Å²) < 4.78 is 48.6. The van der Waals surface area contributed by atoms with Crippen molar-refractivity contribution in [2.24, 2.45) is 0 Å². The average molecular weight is 415 g/mol. The van der Waals surface area contributed by atoms with Crippen molar-refractivity contribution in [2.75, 3.05) is 5.32 Å². The predicted molar refractivity (Wildman–Crippen MR) is 99.7 cm³/mol. The van der Waals surface area contributed by atoms with Crippen molar-refractivity contribution in [1.82, 2.24) is 10.1 Å². The highest BCUT2D eigenvalue weighted by Crippen LogP contribution is 2.32. The third-order valence-electron chi connectivity index (χ3n) is 4.14. The zero-order valence-electron chi connectivity index (χ0n) is 15.0. The number of furan rings is 1. The van der Waals surface area contributed by atoms with Gasteiger partial charge in [0.15, 0.2) is 11.6 Å². The molecule has 0 atom stereocenters. The van der Waals surface area contributed by atoms with Crippen LogP contribution in [0.1, 0.15) is 16.1 Å². The Bertz CT molecular complexity index is 1270. The highest BCUT2D eigenvalue weighted by molar-refractivity contribution is 6.02. The largest absolute Gasteiger partial charge is 0.451 e. The first kappa shape index (κ1) is 19.2. The van der Waals surface area contributed by atoms with Crippen molar-refractivity contribution >= 4 is 11.6 Å². The number of aromatic amines is 1. The molecule has 0 aliphatic carbocycles. The van der Waals surface area contributed by atoms with Crippen LogP contribution in [0.25, 0.3) is 22.7 Å². The van der Waals surface area contributed by atoms with Crippen LogP contribution in [-0.2, 0) is 6.18 Å². The lowest BCUT2D eigenvalue weighted by Crippen LogP contribution is -2.10. The van der Waals surface area contributed by atoms with Gasteiger partial charge in [-0.3, -0.25) is 14.3 Å². The van der Waals surface area contributed by atoms with E-state index in [2.05, 4.69) is 20.0 Å². The number of aromatic nitrogens is 2. The summed E-state index contributed by atoms with van der Waals surface area (Å²) in [6.45, 7) is 0. The molecule has 0 aliphatic rings. The van der Waals surface area contributed by atoms with E-state index in [4.69, 9.17) is 4.42 Å². The Morgan fingerprint density at radius 2 is 1.77 bits per heavy atom. The molecule has 0 radical (unpaired) electrons. The van der Waals surface area contributed by atoms with Gasteiger partial charge in [-0.2, -0.15) is 13.2 Å². The maximum absolute atomic E-state index is 12.9. The number of amides is 1. The Morgan fingerprint density at radius 3 is 2.50 bits per heavy atom. The fourth-order valence-electron chi connectivity index (χ4n) is 2.76. The Morgan fingerprint density at radius 1 is 1.00 bits per heavy atom. The van der Waals surface area contributed by atoms with Gasteiger partial charge in [-0.25, -0.2) is 4.79 Å². The molecular formula is C20H12F3N3O4. The van der Waals surface area contributed by atoms with Gasteiger partial charge >= 0.3 is 11.9 Å². The molecule has 0 spiro atoms. The van der Waals surface area contributed by atoms with Crippen LogP contribution in [0.5, 0.6) is 0 Å². The van der Waals surface area contributed by atoms with Crippen LogP contribution in [0.15, 0.2) is 74.4 Å². The van der Waals surface area contributed by atoms with Gasteiger partial charge in [0.05, 0.1) is 5.56 Å². The highest BCUT2D eigenvalue weighted by atomic mass is 19.4. The lowest BCUT2D eigenvalue weighted by molar-refractivity contribution is -0.137. The predicted octanol–water partition coefficient (Wildman–Crippen LogP) is 4.56. The van der Waals surface area contributed by atoms with Crippen molar-refractivity contribution in [3.05, 3.63) is 82.5 Å². The molecule has 2 N–H and O–H groups in total. The Labute approximate surface area is 166 Å². The van der Waals surface area contributed by atoms with E-state index >= 15 is 0 Å². The molecule has 0 saturated carbocycles. The standard InChI is InChI=1S/C20H12F3N3O4/c21-20(22,23)13-5-1-3-11(9-13)15-7-8-16(29-15)18(27)24-14-6-2-4-12(10-14)17-25-19(28)30-26-17/h1-10H,(H,24,27)(H,25,26,28). The van der Waals surface area contributed by atoms with Gasteiger partial charge in [-0.1, -0.05) is 29.4 Å². The van der Waals surface area contributed by atoms with E-state index in [1.54, 1.807) is 24.3 Å². The number of hydrogen-bond acceptors (Lipinski definition) is 5. The third kappa shape index (κ3) is 4.02. The van der Waals surface area contributed by atoms with Gasteiger partial charge in [0, 0.05) is 16.8 Å². The molecule has 10 heteroatoms. The van der Waals surface area contributed by atoms with Crippen molar-refractivity contribution in [3.8, 4) is 22.7 Å². The second kappa shape index (κ2) is 7.39. The summed E-state index contributed by atoms with van der Waals surface area (Å²) in [5.41, 5.74) is 0.270. The molecule has 0 bridgehead atoms. The maximum Gasteiger partial charge on any atom is 0.439 e. The quantitative estimate of drug-likeness (QED) is 0.509. The number of nitrogens with one attached hydrogen (secondary N) is 2. The number of anilines is 1. The fourth-order valence-corrected chi connectivity index (χ4v) is 2.76. The first-order chi connectivity index (χ1) is 14.3. The first-order valence-corrected chi connectivity index (χ1v) is 8.55. The van der Waals surface area contributed by atoms with E-state index in [0.717, 1.165) is 12.1 Å². The number of rotatable bonds is 4. The number of alkyl halides is 3. The van der Waals surface area contributed by atoms with Crippen molar-refractivity contribution < 1.29 is 26.9 Å². The van der Waals surface area contributed by atoms with Crippen LogP contribution in [-0.4, -0.2) is 16.0 Å². The zero-order chi connectivity index (χ0) is 21.3. The molecular weight excluding hydrogens is 403 g/mol. The van der Waals surface area contributed by atoms with E-state index in [1.807, 2.05) is 0 Å². The molecule has 2 heterocycles. The van der Waals surface area contributed by atoms with Crippen LogP contribution in [0, 0.1) is 0 Å². The van der Waals surface area contributed by atoms with Crippen LogP contribution in [0.4, 0.5) is 18.9 Å². The summed E-state index contributed by atoms with van der Waals surface area (Å²) in [6.07, 6.45) is -4.48. The number of benzene rings is 2. The SMILES string of the molecule is O=C(Nc1cccc(-c2noc(=O)[nH]2)c1)c1ccc(-c2cccc(C(F)(F)F)c2)o1. The lowest BCUT2D eigenvalue weighted by Gasteiger charge is -2.07. The molecule has 2 aromatic carbocycles. The van der Waals surface area contributed by atoms with Crippen LogP contribution in [0.2, 0.25) is 0 Å². The first-order valence-electron chi connectivity index (χ1n) is 8.55. The van der Waals surface area contributed by atoms with E-state index in [9.17, 15) is 22.8 Å². The Balaban J connectivity index is 1.53. The summed E-state index contributed by atoms with van der Waals surface area (Å²) in [6, 6.07) is 13.9. The molecule has 2 aromatic heterocycles. The highest BCUT2D eigenvalue weighted by Gasteiger charge is 2.30. The monoisotopic (exact) mass is 415 g/mol. The molecule has 0 aliphatic heterocycles. The van der Waals surface area contributed by atoms with Gasteiger partial charge in [-0.05, 0) is 36.4 Å². The van der Waals surface area contributed by atoms with Crippen molar-refractivity contribution in [3.63, 3.8) is 0 Å². The molecule has 30 heavy (non-hydrogen) atoms. The average Bonchev–Trinajstić information content (AvgIpc) is 3.37. The minimum Gasteiger partial charge on any atom is -0.451 e. The zero-order valence-corrected chi connectivity index (χ0v) is 15.0. The topological polar surface area (TPSA) is 101 Å². The minimum absolute atomic E-state index is 0.0809. The normalized spacial score (nSPS) is 11.4. The summed E-state index contributed by atoms with van der Waals surface area (Å²) in [5.74, 6) is -1.07. The summed E-state index contributed by atoms with van der Waals surface area (Å²) in [4.78, 5) is 25.9. The van der Waals surface area contributed by atoms with Crippen LogP contribution in [0.3, 0.4) is 0 Å². The van der Waals surface area contributed by atoms with E-state index in [1.165, 1.54) is 24.3 Å². The molecule has 4 rings (SSSR count). The van der Waals surface area contributed by atoms with Gasteiger partial charge in [0.1, 0.15) is 5.76 Å². The van der Waals surface area contributed by atoms with Gasteiger partial charge in [0.25, 0.3) is 5.91 Å². The molecule has 152 valence electrons. The summed E-state index contributed by atoms with van der Waals surface area (Å²) in [7, 11) is 0. The van der Waals surface area contributed by atoms with Crippen LogP contribution >= 0.6 is 0 Å². The smallest absolute Gasteiger partial charge is 0.439 e. The van der Waals surface area contributed by atoms with E-state index in [-0.39, 0.29) is 22.9 Å². The van der Waals surface area contributed by atoms with Gasteiger partial charge in [-0.15, -0.1) is 0 Å². The molecule has 7 nitrogen and oxygen atoms in total. The molecule has 0 saturated heterocycles. The van der Waals surface area contributed by atoms with Gasteiger partial charge < -0.3 is 9.73 Å². The van der Waals surface area contributed by atoms with E-state index < -0.39 is 23.4 Å². The van der Waals surface area contributed by atoms with Crippen molar-refractivity contribution in [1.29, 1.82) is 0 Å². The Hall–Kier alpha value is -4.08. The van der Waals surface area contributed by atoms with Gasteiger partial charge in [0.2, 0.25) is 0 Å². The number of carbonyl (C=O) groups excluding carboxylic acids is 1. The number of halogens is 3. The molecule has 0 unspecified atom stereocenters. The lowest BCUT2D eigenvalue weighted by atomic mass is 10.1. The Kier molecular flexibility index (Phi) is 4.74. The molecule has 0 fully saturated rings. The fraction of sp³-hybridized carbons (Fsp3) is 0.0500. The van der Waals surface area contributed by atoms with Crippen molar-refractivity contribution in [2.45, 2.75) is 6.18 Å². The minimum atomic E-state index is -4.48. The number of carbonyl (C=O) groups is 1. The maximum atomic E-state index is 12.9.